The molecule has 2 heterocycles. The molecule has 0 aliphatic carbocycles. The predicted octanol–water partition coefficient (Wildman–Crippen LogP) is -3.70. The highest BCUT2D eigenvalue weighted by Gasteiger charge is 2.49. The first-order chi connectivity index (χ1) is 10.3. The molecule has 14 heteroatoms. The number of hydrogen-bond donors (Lipinski definition) is 2. The van der Waals surface area contributed by atoms with Crippen molar-refractivity contribution in [2.45, 2.75) is 30.8 Å². The first kappa shape index (κ1) is 18.3. The molecule has 2 N–H and O–H groups in total. The van der Waals surface area contributed by atoms with E-state index in [0.717, 1.165) is 6.32 Å². The van der Waals surface area contributed by atoms with Gasteiger partial charge in [-0.15, -0.1) is 0 Å². The second-order valence-electron chi connectivity index (χ2n) is 6.51. The van der Waals surface area contributed by atoms with Crippen molar-refractivity contribution in [2.75, 3.05) is 13.1 Å². The Bertz CT molecular complexity index is 403. The lowest BCUT2D eigenvalue weighted by Gasteiger charge is -2.25. The molecule has 10 radical (unpaired) electrons. The van der Waals surface area contributed by atoms with Gasteiger partial charge in [-0.25, -0.2) is 4.39 Å². The number of halogens is 1. The quantitative estimate of drug-likeness (QED) is 0.471. The minimum Gasteiger partial charge on any atom is -0.355 e. The van der Waals surface area contributed by atoms with Crippen LogP contribution in [0.25, 0.3) is 0 Å². The largest absolute Gasteiger partial charge is 0.355 e. The Morgan fingerprint density at radius 2 is 1.95 bits per heavy atom. The molecule has 2 rings (SSSR count). The molecule has 0 saturated carbocycles. The molecule has 2 aliphatic rings. The van der Waals surface area contributed by atoms with Gasteiger partial charge in [0.2, 0.25) is 5.91 Å². The Labute approximate surface area is 140 Å². The van der Waals surface area contributed by atoms with E-state index in [2.05, 4.69) is 10.6 Å². The normalized spacial score (nSPS) is 26.4. The molecule has 98 valence electrons. The van der Waals surface area contributed by atoms with Gasteiger partial charge >= 0.3 is 0 Å². The summed E-state index contributed by atoms with van der Waals surface area (Å²) in [6, 6.07) is -0.445. The van der Waals surface area contributed by atoms with Crippen LogP contribution in [0, 0.1) is 0 Å². The Morgan fingerprint density at radius 1 is 1.27 bits per heavy atom. The van der Waals surface area contributed by atoms with E-state index in [1.165, 1.54) is 0 Å². The molecular weight excluding hydrogens is 267 g/mol. The summed E-state index contributed by atoms with van der Waals surface area (Å²) in [5.74, 6) is 0.0927. The van der Waals surface area contributed by atoms with E-state index in [9.17, 15) is 9.18 Å². The lowest BCUT2D eigenvalue weighted by atomic mass is 8.57. The van der Waals surface area contributed by atoms with Crippen LogP contribution in [0.4, 0.5) is 4.39 Å². The number of carbonyl (C=O) groups excluding carboxylic acids is 1. The summed E-state index contributed by atoms with van der Waals surface area (Å²) in [5, 5.41) is 5.70. The lowest BCUT2D eigenvalue weighted by Crippen LogP contribution is -2.63. The van der Waals surface area contributed by atoms with Crippen LogP contribution >= 0.6 is 0 Å². The van der Waals surface area contributed by atoms with Gasteiger partial charge in [0.25, 0.3) is 0 Å². The highest BCUT2D eigenvalue weighted by Crippen LogP contribution is 2.38. The molecule has 3 nitrogen and oxygen atoms in total. The molecule has 0 aromatic heterocycles. The third-order valence-electron chi connectivity index (χ3n) is 4.74. The number of rotatable bonds is 7. The van der Waals surface area contributed by atoms with E-state index >= 15 is 0 Å². The zero-order valence-corrected chi connectivity index (χ0v) is 12.6. The molecular formula is C8H13B10FN2O. The van der Waals surface area contributed by atoms with Crippen LogP contribution in [0.1, 0.15) is 6.42 Å². The molecule has 0 spiro atoms. The summed E-state index contributed by atoms with van der Waals surface area (Å²) in [5.41, 5.74) is 0. The molecule has 22 heavy (non-hydrogen) atoms. The Kier molecular flexibility index (Phi) is 6.44. The zero-order chi connectivity index (χ0) is 16.4. The van der Waals surface area contributed by atoms with Crippen LogP contribution in [-0.4, -0.2) is 102 Å². The molecule has 3 atom stereocenters. The number of alkyl halides is 1. The molecule has 2 fully saturated rings. The maximum atomic E-state index is 13.1. The molecule has 0 aromatic carbocycles. The van der Waals surface area contributed by atoms with Gasteiger partial charge in [-0.1, -0.05) is 12.1 Å². The van der Waals surface area contributed by atoms with Gasteiger partial charge in [-0.05, 0) is 0 Å². The van der Waals surface area contributed by atoms with Crippen LogP contribution in [0.5, 0.6) is 0 Å². The minimum atomic E-state index is -0.951. The van der Waals surface area contributed by atoms with Crippen LogP contribution in [0.2, 0.25) is 12.1 Å². The van der Waals surface area contributed by atoms with Crippen LogP contribution in [0.15, 0.2) is 0 Å². The van der Waals surface area contributed by atoms with Gasteiger partial charge < -0.3 is 10.6 Å². The second-order valence-corrected chi connectivity index (χ2v) is 6.51. The van der Waals surface area contributed by atoms with Crippen molar-refractivity contribution in [3.8, 4) is 0 Å². The highest BCUT2D eigenvalue weighted by molar-refractivity contribution is 8.01. The lowest BCUT2D eigenvalue weighted by molar-refractivity contribution is -0.122. The maximum Gasteiger partial charge on any atom is 0.237 e. The van der Waals surface area contributed by atoms with Crippen LogP contribution in [-0.2, 0) is 4.79 Å². The van der Waals surface area contributed by atoms with E-state index in [1.807, 2.05) is 0 Å². The first-order valence-electron chi connectivity index (χ1n) is 7.74. The molecule has 1 amide bonds. The number of nitrogens with one attached hydrogen (secondary N) is 2. The third kappa shape index (κ3) is 4.52. The van der Waals surface area contributed by atoms with Gasteiger partial charge in [-0.3, -0.25) is 4.79 Å². The summed E-state index contributed by atoms with van der Waals surface area (Å²) < 4.78 is 13.1. The van der Waals surface area contributed by atoms with Crippen molar-refractivity contribution in [1.82, 2.24) is 10.6 Å². The summed E-state index contributed by atoms with van der Waals surface area (Å²) in [6.07, 6.45) is -1.79. The van der Waals surface area contributed by atoms with Gasteiger partial charge in [-0.2, -0.15) is 0 Å². The number of hydrogen-bond acceptors (Lipinski definition) is 2. The minimum absolute atomic E-state index is 0.167. The molecule has 1 unspecified atom stereocenters. The van der Waals surface area contributed by atoms with Crippen molar-refractivity contribution in [3.05, 3.63) is 0 Å². The fourth-order valence-corrected chi connectivity index (χ4v) is 3.31. The van der Waals surface area contributed by atoms with Crippen molar-refractivity contribution in [3.63, 3.8) is 0 Å². The summed E-state index contributed by atoms with van der Waals surface area (Å²) in [4.78, 5) is 11.9. The fraction of sp³-hybridized carbons (Fsp3) is 0.875. The topological polar surface area (TPSA) is 41.1 Å². The molecule has 2 aliphatic heterocycles. The van der Waals surface area contributed by atoms with Crippen LogP contribution in [0.3, 0.4) is 0 Å². The number of amides is 1. The predicted molar refractivity (Wildman–Crippen MR) is 100 cm³/mol. The summed E-state index contributed by atoms with van der Waals surface area (Å²) in [7, 11) is 28.8. The highest BCUT2D eigenvalue weighted by atomic mass is 19.1. The number of carbonyl (C=O) groups is 1. The molecule has 2 saturated heterocycles. The van der Waals surface area contributed by atoms with Crippen LogP contribution < -0.4 is 10.6 Å². The van der Waals surface area contributed by atoms with Crippen molar-refractivity contribution in [2.24, 2.45) is 0 Å². The van der Waals surface area contributed by atoms with Crippen molar-refractivity contribution >= 4 is 76.7 Å². The average molecular weight is 280 g/mol. The van der Waals surface area contributed by atoms with Gasteiger partial charge in [0.05, 0.1) is 12.6 Å². The van der Waals surface area contributed by atoms with E-state index in [-0.39, 0.29) is 37.7 Å². The smallest absolute Gasteiger partial charge is 0.237 e. The Morgan fingerprint density at radius 3 is 2.45 bits per heavy atom. The Balaban J connectivity index is 1.78. The van der Waals surface area contributed by atoms with Gasteiger partial charge in [0.1, 0.15) is 6.17 Å². The van der Waals surface area contributed by atoms with Gasteiger partial charge in [0, 0.05) is 83.7 Å². The van der Waals surface area contributed by atoms with E-state index in [1.54, 1.807) is 0 Å². The van der Waals surface area contributed by atoms with E-state index < -0.39 is 31.4 Å². The summed E-state index contributed by atoms with van der Waals surface area (Å²) in [6.45, 7) is 0.946. The van der Waals surface area contributed by atoms with E-state index in [0.29, 0.717) is 6.54 Å². The fourth-order valence-electron chi connectivity index (χ4n) is 3.31. The average Bonchev–Trinajstić information content (AvgIpc) is 3.05. The first-order valence-corrected chi connectivity index (χ1v) is 7.74. The monoisotopic (exact) mass is 282 g/mol. The summed E-state index contributed by atoms with van der Waals surface area (Å²) >= 11 is 0. The SMILES string of the molecule is [B]B([B])B([B])B(B([B])[B])B1CC1CNC(=O)[C@@H]1C[C@@H](F)CN1. The van der Waals surface area contributed by atoms with Crippen molar-refractivity contribution < 1.29 is 9.18 Å². The zero-order valence-electron chi connectivity index (χ0n) is 12.6. The third-order valence-corrected chi connectivity index (χ3v) is 4.74. The molecule has 0 bridgehead atoms. The Hall–Kier alpha value is 0.00935. The standard InChI is InChI=1S/C8H13B10FN2O/c9-15(10)17(13)18(16(11)12)14-2-5(14)3-21-8(22)7-1-6(19)4-20-7/h5-7,20H,1-4H2,(H,21,22)/t5?,6-,7+/m1/s1. The maximum absolute atomic E-state index is 13.1. The second kappa shape index (κ2) is 7.72. The van der Waals surface area contributed by atoms with Crippen molar-refractivity contribution in [1.29, 1.82) is 0 Å². The van der Waals surface area contributed by atoms with Gasteiger partial charge in [0.15, 0.2) is 0 Å². The molecule has 0 aromatic rings. The van der Waals surface area contributed by atoms with E-state index in [4.69, 9.17) is 38.7 Å².